The molecule has 2 fully saturated rings. The van der Waals surface area contributed by atoms with Gasteiger partial charge in [-0.15, -0.1) is 0 Å². The van der Waals surface area contributed by atoms with Crippen LogP contribution in [0.25, 0.3) is 0 Å². The number of rotatable bonds is 4. The summed E-state index contributed by atoms with van der Waals surface area (Å²) in [7, 11) is -1.66. The third-order valence-corrected chi connectivity index (χ3v) is 12.2. The van der Waals surface area contributed by atoms with Crippen molar-refractivity contribution in [2.45, 2.75) is 77.6 Å². The minimum Gasteiger partial charge on any atom is -0.396 e. The van der Waals surface area contributed by atoms with Crippen molar-refractivity contribution in [2.75, 3.05) is 6.61 Å². The minimum atomic E-state index is -1.66. The van der Waals surface area contributed by atoms with E-state index in [0.717, 1.165) is 37.7 Å². The van der Waals surface area contributed by atoms with Crippen molar-refractivity contribution in [1.29, 1.82) is 0 Å². The molecule has 0 amide bonds. The van der Waals surface area contributed by atoms with Gasteiger partial charge in [0.25, 0.3) is 0 Å². The van der Waals surface area contributed by atoms with E-state index >= 15 is 0 Å². The number of hydrogen-bond donors (Lipinski definition) is 1. The van der Waals surface area contributed by atoms with Gasteiger partial charge in [0.05, 0.1) is 14.7 Å². The molecule has 0 bridgehead atoms. The van der Waals surface area contributed by atoms with Gasteiger partial charge >= 0.3 is 0 Å². The molecule has 0 aromatic heterocycles. The summed E-state index contributed by atoms with van der Waals surface area (Å²) in [6.07, 6.45) is 5.14. The molecule has 2 aliphatic rings. The lowest BCUT2D eigenvalue weighted by molar-refractivity contribution is -0.129. The van der Waals surface area contributed by atoms with Gasteiger partial charge in [0.1, 0.15) is 5.78 Å². The highest BCUT2D eigenvalue weighted by Crippen LogP contribution is 2.56. The topological polar surface area (TPSA) is 37.3 Å². The number of carbonyl (C=O) groups excluding carboxylic acids is 1. The number of aliphatic hydroxyl groups is 1. The van der Waals surface area contributed by atoms with Crippen LogP contribution in [0.1, 0.15) is 64.0 Å². The molecule has 1 unspecified atom stereocenters. The van der Waals surface area contributed by atoms with E-state index in [9.17, 15) is 9.90 Å². The number of fused-ring (bicyclic) bond motifs is 1. The maximum atomic E-state index is 12.5. The molecule has 0 heterocycles. The Morgan fingerprint density at radius 3 is 2.62 bits per heavy atom. The normalized spacial score (nSPS) is 30.1. The van der Waals surface area contributed by atoms with Gasteiger partial charge in [-0.2, -0.15) is 0 Å². The molecule has 1 aromatic rings. The fourth-order valence-corrected chi connectivity index (χ4v) is 7.38. The second kappa shape index (κ2) is 8.04. The summed E-state index contributed by atoms with van der Waals surface area (Å²) in [5, 5.41) is 10.1. The average molecular weight is 411 g/mol. The molecule has 2 nitrogen and oxygen atoms in total. The summed E-state index contributed by atoms with van der Waals surface area (Å²) >= 11 is 0. The average Bonchev–Trinajstić information content (AvgIpc) is 3.03. The van der Waals surface area contributed by atoms with Crippen LogP contribution < -0.4 is 0 Å². The van der Waals surface area contributed by atoms with Crippen LogP contribution >= 0.6 is 0 Å². The molecule has 0 saturated heterocycles. The Morgan fingerprint density at radius 1 is 1.28 bits per heavy atom. The summed E-state index contributed by atoms with van der Waals surface area (Å²) in [6, 6.07) is 8.36. The van der Waals surface area contributed by atoms with Crippen LogP contribution in [-0.4, -0.2) is 25.6 Å². The highest BCUT2D eigenvalue weighted by molar-refractivity contribution is 6.79. The number of benzene rings is 1. The van der Waals surface area contributed by atoms with Gasteiger partial charge < -0.3 is 5.11 Å². The zero-order chi connectivity index (χ0) is 21.4. The monoisotopic (exact) mass is 410 g/mol. The van der Waals surface area contributed by atoms with E-state index in [0.29, 0.717) is 11.7 Å². The van der Waals surface area contributed by atoms with E-state index in [4.69, 9.17) is 0 Å². The molecule has 0 spiro atoms. The fraction of sp³-hybridized carbons (Fsp3) is 0.654. The summed E-state index contributed by atoms with van der Waals surface area (Å²) in [4.78, 5) is 12.5. The fourth-order valence-electron chi connectivity index (χ4n) is 5.88. The summed E-state index contributed by atoms with van der Waals surface area (Å²) in [6.45, 7) is 13.9. The van der Waals surface area contributed by atoms with Crippen LogP contribution in [0, 0.1) is 35.0 Å². The SMILES string of the molecule is C[C@H](C#Cc1ccccc1C(C)(CO)[Si](C)(C)C)[C@H]1CC[C@H]2C(=O)CCC[C@]12C. The molecule has 1 N–H and O–H groups in total. The quantitative estimate of drug-likeness (QED) is 0.519. The first-order valence-electron chi connectivity index (χ1n) is 11.3. The lowest BCUT2D eigenvalue weighted by Gasteiger charge is -2.41. The van der Waals surface area contributed by atoms with Gasteiger partial charge in [-0.25, -0.2) is 0 Å². The molecule has 2 aliphatic carbocycles. The minimum absolute atomic E-state index is 0.126. The first kappa shape index (κ1) is 22.3. The van der Waals surface area contributed by atoms with Crippen LogP contribution in [0.2, 0.25) is 19.6 Å². The molecule has 0 radical (unpaired) electrons. The molecule has 158 valence electrons. The van der Waals surface area contributed by atoms with Crippen molar-refractivity contribution in [1.82, 2.24) is 0 Å². The van der Waals surface area contributed by atoms with Crippen LogP contribution in [0.4, 0.5) is 0 Å². The number of hydrogen-bond acceptors (Lipinski definition) is 2. The summed E-state index contributed by atoms with van der Waals surface area (Å²) < 4.78 is 0. The van der Waals surface area contributed by atoms with Gasteiger partial charge in [0.15, 0.2) is 0 Å². The smallest absolute Gasteiger partial charge is 0.136 e. The Labute approximate surface area is 178 Å². The second-order valence-electron chi connectivity index (χ2n) is 10.9. The number of ketones is 1. The van der Waals surface area contributed by atoms with Crippen molar-refractivity contribution in [3.63, 3.8) is 0 Å². The predicted molar refractivity (Wildman–Crippen MR) is 123 cm³/mol. The molecule has 29 heavy (non-hydrogen) atoms. The zero-order valence-electron chi connectivity index (χ0n) is 19.1. The van der Waals surface area contributed by atoms with Crippen molar-refractivity contribution < 1.29 is 9.90 Å². The predicted octanol–water partition coefficient (Wildman–Crippen LogP) is 5.59. The maximum Gasteiger partial charge on any atom is 0.136 e. The van der Waals surface area contributed by atoms with Gasteiger partial charge in [-0.3, -0.25) is 4.79 Å². The molecule has 2 saturated carbocycles. The first-order chi connectivity index (χ1) is 13.5. The van der Waals surface area contributed by atoms with E-state index in [1.54, 1.807) is 0 Å². The third kappa shape index (κ3) is 3.87. The highest BCUT2D eigenvalue weighted by Gasteiger charge is 2.52. The molecule has 5 atom stereocenters. The van der Waals surface area contributed by atoms with E-state index in [-0.39, 0.29) is 28.9 Å². The van der Waals surface area contributed by atoms with E-state index in [1.165, 1.54) is 5.56 Å². The molecular formula is C26H38O2Si. The molecular weight excluding hydrogens is 372 g/mol. The number of Topliss-reactive ketones (excluding diaryl/α,β-unsaturated/α-hetero) is 1. The second-order valence-corrected chi connectivity index (χ2v) is 16.5. The number of aliphatic hydroxyl groups excluding tert-OH is 1. The zero-order valence-corrected chi connectivity index (χ0v) is 20.1. The maximum absolute atomic E-state index is 12.5. The standard InChI is InChI=1S/C26H38O2Si/c1-19(21-15-16-23-24(28)12-9-17-25(21,23)2)13-14-20-10-7-8-11-22(20)26(3,18-27)29(4,5)6/h7-8,10-11,19,21,23,27H,9,12,15-18H2,1-6H3/t19-,21-,23+,25-,26?/m1/s1. The van der Waals surface area contributed by atoms with E-state index in [1.807, 2.05) is 6.07 Å². The van der Waals surface area contributed by atoms with Crippen LogP contribution in [0.5, 0.6) is 0 Å². The van der Waals surface area contributed by atoms with Gasteiger partial charge in [0.2, 0.25) is 0 Å². The van der Waals surface area contributed by atoms with Crippen molar-refractivity contribution in [2.24, 2.45) is 23.2 Å². The Hall–Kier alpha value is -1.37. The van der Waals surface area contributed by atoms with E-state index < -0.39 is 8.07 Å². The van der Waals surface area contributed by atoms with E-state index in [2.05, 4.69) is 70.5 Å². The highest BCUT2D eigenvalue weighted by atomic mass is 28.3. The Bertz CT molecular complexity index is 827. The third-order valence-electron chi connectivity index (χ3n) is 8.47. The van der Waals surface area contributed by atoms with Crippen molar-refractivity contribution in [3.8, 4) is 11.8 Å². The molecule has 3 rings (SSSR count). The van der Waals surface area contributed by atoms with Crippen molar-refractivity contribution in [3.05, 3.63) is 35.4 Å². The van der Waals surface area contributed by atoms with Crippen molar-refractivity contribution >= 4 is 13.9 Å². The molecule has 0 aliphatic heterocycles. The lowest BCUT2D eigenvalue weighted by Crippen LogP contribution is -2.50. The first-order valence-corrected chi connectivity index (χ1v) is 14.8. The Kier molecular flexibility index (Phi) is 6.19. The van der Waals surface area contributed by atoms with Gasteiger partial charge in [-0.1, -0.05) is 70.5 Å². The van der Waals surface area contributed by atoms with Crippen LogP contribution in [0.15, 0.2) is 24.3 Å². The molecule has 3 heteroatoms. The Morgan fingerprint density at radius 2 is 1.97 bits per heavy atom. The number of carbonyl (C=O) groups is 1. The van der Waals surface area contributed by atoms with Gasteiger partial charge in [-0.05, 0) is 48.6 Å². The van der Waals surface area contributed by atoms with Crippen LogP contribution in [0.3, 0.4) is 0 Å². The van der Waals surface area contributed by atoms with Crippen LogP contribution in [-0.2, 0) is 9.83 Å². The van der Waals surface area contributed by atoms with Gasteiger partial charge in [0, 0.05) is 28.9 Å². The summed E-state index contributed by atoms with van der Waals surface area (Å²) in [5.41, 5.74) is 2.36. The summed E-state index contributed by atoms with van der Waals surface area (Å²) in [5.74, 6) is 8.59. The Balaban J connectivity index is 1.91. The largest absolute Gasteiger partial charge is 0.396 e. The lowest BCUT2D eigenvalue weighted by atomic mass is 9.62. The molecule has 1 aromatic carbocycles.